The zero-order chi connectivity index (χ0) is 15.8. The molecule has 1 aromatic heterocycles. The molecule has 0 bridgehead atoms. The van der Waals surface area contributed by atoms with Crippen molar-refractivity contribution in [2.45, 2.75) is 6.92 Å². The summed E-state index contributed by atoms with van der Waals surface area (Å²) in [5.41, 5.74) is 7.12. The topological polar surface area (TPSA) is 69.2 Å². The summed E-state index contributed by atoms with van der Waals surface area (Å²) in [6.45, 7) is 3.01. The van der Waals surface area contributed by atoms with Crippen molar-refractivity contribution in [3.8, 4) is 22.5 Å². The lowest BCUT2D eigenvalue weighted by Gasteiger charge is -2.07. The molecule has 0 aliphatic carbocycles. The molecule has 4 nitrogen and oxygen atoms in total. The van der Waals surface area contributed by atoms with Gasteiger partial charge in [-0.25, -0.2) is 4.98 Å². The van der Waals surface area contributed by atoms with Crippen LogP contribution in [0.3, 0.4) is 0 Å². The summed E-state index contributed by atoms with van der Waals surface area (Å²) in [4.78, 5) is 4.42. The highest BCUT2D eigenvalue weighted by atomic mass is 32.1. The molecule has 0 radical (unpaired) electrons. The fraction of sp³-hybridized carbons (Fsp3) is 0.118. The van der Waals surface area contributed by atoms with Gasteiger partial charge in [-0.3, -0.25) is 5.10 Å². The van der Waals surface area contributed by atoms with Crippen LogP contribution in [-0.2, 0) is 0 Å². The molecule has 2 aromatic carbocycles. The quantitative estimate of drug-likeness (QED) is 0.714. The SMILES string of the molecule is CC[NH3+].S=c1nc(-c2ccccc2)c(-c2ccccc2)n[nH]1. The maximum absolute atomic E-state index is 5.08. The Labute approximate surface area is 135 Å². The molecular formula is C17H19N4S+. The number of aromatic amines is 1. The molecule has 3 aromatic rings. The summed E-state index contributed by atoms with van der Waals surface area (Å²) in [6, 6.07) is 19.9. The normalized spacial score (nSPS) is 9.73. The van der Waals surface area contributed by atoms with Gasteiger partial charge in [0.25, 0.3) is 0 Å². The number of rotatable bonds is 2. The van der Waals surface area contributed by atoms with E-state index in [4.69, 9.17) is 12.2 Å². The third-order valence-electron chi connectivity index (χ3n) is 2.80. The van der Waals surface area contributed by atoms with Gasteiger partial charge in [0.1, 0.15) is 11.4 Å². The van der Waals surface area contributed by atoms with Crippen LogP contribution in [0.1, 0.15) is 6.92 Å². The number of H-pyrrole nitrogens is 1. The van der Waals surface area contributed by atoms with Gasteiger partial charge in [0, 0.05) is 11.1 Å². The lowest BCUT2D eigenvalue weighted by Crippen LogP contribution is -2.48. The lowest BCUT2D eigenvalue weighted by atomic mass is 10.0. The number of quaternary nitrogens is 1. The van der Waals surface area contributed by atoms with E-state index in [0.29, 0.717) is 4.77 Å². The molecule has 0 spiro atoms. The van der Waals surface area contributed by atoms with Crippen LogP contribution in [0.25, 0.3) is 22.5 Å². The molecule has 4 N–H and O–H groups in total. The maximum Gasteiger partial charge on any atom is 0.214 e. The molecule has 1 heterocycles. The number of hydrogen-bond donors (Lipinski definition) is 2. The third-order valence-corrected chi connectivity index (χ3v) is 2.98. The van der Waals surface area contributed by atoms with E-state index in [1.165, 1.54) is 0 Å². The van der Waals surface area contributed by atoms with Gasteiger partial charge in [0.2, 0.25) is 4.77 Å². The minimum absolute atomic E-state index is 0.388. The zero-order valence-corrected chi connectivity index (χ0v) is 13.3. The summed E-state index contributed by atoms with van der Waals surface area (Å²) in [5, 5.41) is 7.10. The van der Waals surface area contributed by atoms with Crippen molar-refractivity contribution in [1.82, 2.24) is 15.2 Å². The second-order valence-electron chi connectivity index (χ2n) is 4.57. The predicted molar refractivity (Wildman–Crippen MR) is 91.5 cm³/mol. The highest BCUT2D eigenvalue weighted by Crippen LogP contribution is 2.27. The van der Waals surface area contributed by atoms with Crippen molar-refractivity contribution in [3.63, 3.8) is 0 Å². The molecule has 0 unspecified atom stereocenters. The number of hydrogen-bond acceptors (Lipinski definition) is 3. The summed E-state index contributed by atoms with van der Waals surface area (Å²) in [7, 11) is 0. The molecule has 0 saturated heterocycles. The van der Waals surface area contributed by atoms with Gasteiger partial charge < -0.3 is 5.73 Å². The molecule has 0 amide bonds. The first-order valence-corrected chi connectivity index (χ1v) is 7.54. The van der Waals surface area contributed by atoms with Crippen molar-refractivity contribution >= 4 is 12.2 Å². The Balaban J connectivity index is 0.000000545. The average Bonchev–Trinajstić information content (AvgIpc) is 2.57. The Hall–Kier alpha value is -2.37. The van der Waals surface area contributed by atoms with Crippen molar-refractivity contribution in [3.05, 3.63) is 65.4 Å². The lowest BCUT2D eigenvalue weighted by molar-refractivity contribution is -0.361. The molecule has 3 rings (SSSR count). The number of aromatic nitrogens is 3. The minimum atomic E-state index is 0.388. The Morgan fingerprint density at radius 2 is 1.36 bits per heavy atom. The number of benzene rings is 2. The highest BCUT2D eigenvalue weighted by molar-refractivity contribution is 7.71. The highest BCUT2D eigenvalue weighted by Gasteiger charge is 2.10. The standard InChI is InChI=1S/C15H11N3S.C2H7N/c19-15-16-13(11-7-3-1-4-8-11)14(17-18-15)12-9-5-2-6-10-12;1-2-3/h1-10H,(H,16,18,19);2-3H2,1H3/p+1. The first-order chi connectivity index (χ1) is 10.8. The molecule has 0 atom stereocenters. The minimum Gasteiger partial charge on any atom is -0.358 e. The monoisotopic (exact) mass is 311 g/mol. The van der Waals surface area contributed by atoms with E-state index in [1.807, 2.05) is 67.6 Å². The molecule has 112 valence electrons. The second kappa shape index (κ2) is 8.17. The van der Waals surface area contributed by atoms with Crippen LogP contribution >= 0.6 is 12.2 Å². The molecule has 0 saturated carbocycles. The van der Waals surface area contributed by atoms with Crippen molar-refractivity contribution in [2.24, 2.45) is 0 Å². The molecule has 0 fully saturated rings. The Kier molecular flexibility index (Phi) is 5.94. The molecule has 5 heteroatoms. The van der Waals surface area contributed by atoms with Gasteiger partial charge in [0.05, 0.1) is 6.54 Å². The van der Waals surface area contributed by atoms with Crippen LogP contribution < -0.4 is 5.73 Å². The van der Waals surface area contributed by atoms with Crippen LogP contribution in [-0.4, -0.2) is 21.7 Å². The largest absolute Gasteiger partial charge is 0.358 e. The van der Waals surface area contributed by atoms with Gasteiger partial charge in [-0.15, -0.1) is 0 Å². The van der Waals surface area contributed by atoms with Crippen LogP contribution in [0, 0.1) is 4.77 Å². The zero-order valence-electron chi connectivity index (χ0n) is 12.5. The average molecular weight is 311 g/mol. The fourth-order valence-corrected chi connectivity index (χ4v) is 2.07. The van der Waals surface area contributed by atoms with E-state index in [9.17, 15) is 0 Å². The van der Waals surface area contributed by atoms with Gasteiger partial charge in [-0.2, -0.15) is 5.10 Å². The smallest absolute Gasteiger partial charge is 0.214 e. The molecule has 0 aliphatic heterocycles. The summed E-state index contributed by atoms with van der Waals surface area (Å²) in [6.07, 6.45) is 0. The van der Waals surface area contributed by atoms with Crippen LogP contribution in [0.5, 0.6) is 0 Å². The van der Waals surface area contributed by atoms with Gasteiger partial charge in [-0.1, -0.05) is 60.7 Å². The summed E-state index contributed by atoms with van der Waals surface area (Å²) >= 11 is 5.08. The van der Waals surface area contributed by atoms with Crippen molar-refractivity contribution in [2.75, 3.05) is 6.54 Å². The molecular weight excluding hydrogens is 292 g/mol. The van der Waals surface area contributed by atoms with Crippen LogP contribution in [0.15, 0.2) is 60.7 Å². The summed E-state index contributed by atoms with van der Waals surface area (Å²) in [5.74, 6) is 0. The van der Waals surface area contributed by atoms with E-state index >= 15 is 0 Å². The fourth-order valence-electron chi connectivity index (χ4n) is 1.93. The second-order valence-corrected chi connectivity index (χ2v) is 4.96. The Morgan fingerprint density at radius 1 is 0.909 bits per heavy atom. The van der Waals surface area contributed by atoms with E-state index in [1.54, 1.807) is 0 Å². The van der Waals surface area contributed by atoms with Crippen molar-refractivity contribution < 1.29 is 5.73 Å². The van der Waals surface area contributed by atoms with Gasteiger partial charge >= 0.3 is 0 Å². The van der Waals surface area contributed by atoms with E-state index in [0.717, 1.165) is 29.1 Å². The Morgan fingerprint density at radius 3 is 1.86 bits per heavy atom. The van der Waals surface area contributed by atoms with Gasteiger partial charge in [-0.05, 0) is 19.1 Å². The Bertz CT molecular complexity index is 754. The first-order valence-electron chi connectivity index (χ1n) is 7.13. The van der Waals surface area contributed by atoms with Crippen LogP contribution in [0.2, 0.25) is 0 Å². The van der Waals surface area contributed by atoms with Crippen LogP contribution in [0.4, 0.5) is 0 Å². The summed E-state index contributed by atoms with van der Waals surface area (Å²) < 4.78 is 0.388. The molecule has 0 aliphatic rings. The number of nitrogens with one attached hydrogen (secondary N) is 1. The van der Waals surface area contributed by atoms with E-state index in [-0.39, 0.29) is 0 Å². The molecule has 22 heavy (non-hydrogen) atoms. The van der Waals surface area contributed by atoms with Gasteiger partial charge in [0.15, 0.2) is 0 Å². The number of nitrogens with zero attached hydrogens (tertiary/aromatic N) is 2. The predicted octanol–water partition coefficient (Wildman–Crippen LogP) is 3.12. The third kappa shape index (κ3) is 4.07. The van der Waals surface area contributed by atoms with E-state index in [2.05, 4.69) is 20.9 Å². The maximum atomic E-state index is 5.08. The van der Waals surface area contributed by atoms with Crippen molar-refractivity contribution in [1.29, 1.82) is 0 Å². The first kappa shape index (κ1) is 16.0. The van der Waals surface area contributed by atoms with E-state index < -0.39 is 0 Å².